The van der Waals surface area contributed by atoms with Crippen LogP contribution in [0, 0.1) is 0 Å². The quantitative estimate of drug-likeness (QED) is 0.781. The fraction of sp³-hybridized carbons (Fsp3) is 0.111. The SMILES string of the molecule is CCc1ccc(NC(=O)c2cc(=O)c3cc(Cl)ccc3o2)cc1. The predicted molar refractivity (Wildman–Crippen MR) is 91.3 cm³/mol. The number of benzene rings is 2. The molecule has 0 aliphatic carbocycles. The molecule has 1 N–H and O–H groups in total. The van der Waals surface area contributed by atoms with E-state index in [9.17, 15) is 9.59 Å². The molecule has 23 heavy (non-hydrogen) atoms. The van der Waals surface area contributed by atoms with Crippen molar-refractivity contribution in [2.24, 2.45) is 0 Å². The molecule has 116 valence electrons. The average molecular weight is 328 g/mol. The average Bonchev–Trinajstić information content (AvgIpc) is 2.56. The van der Waals surface area contributed by atoms with Crippen molar-refractivity contribution in [2.45, 2.75) is 13.3 Å². The molecule has 0 radical (unpaired) electrons. The monoisotopic (exact) mass is 327 g/mol. The van der Waals surface area contributed by atoms with Crippen LogP contribution in [0.1, 0.15) is 23.0 Å². The van der Waals surface area contributed by atoms with E-state index in [1.165, 1.54) is 17.7 Å². The van der Waals surface area contributed by atoms with Gasteiger partial charge in [0, 0.05) is 16.8 Å². The molecule has 0 aliphatic rings. The molecule has 5 heteroatoms. The van der Waals surface area contributed by atoms with Crippen LogP contribution in [0.3, 0.4) is 0 Å². The maximum atomic E-state index is 12.3. The van der Waals surface area contributed by atoms with Crippen LogP contribution in [-0.2, 0) is 6.42 Å². The van der Waals surface area contributed by atoms with Crippen molar-refractivity contribution in [3.63, 3.8) is 0 Å². The van der Waals surface area contributed by atoms with E-state index < -0.39 is 5.91 Å². The molecule has 0 unspecified atom stereocenters. The molecule has 0 bridgehead atoms. The van der Waals surface area contributed by atoms with Crippen LogP contribution in [0.15, 0.2) is 57.7 Å². The fourth-order valence-electron chi connectivity index (χ4n) is 2.26. The molecule has 3 aromatic rings. The van der Waals surface area contributed by atoms with Crippen molar-refractivity contribution in [3.05, 3.63) is 75.1 Å². The second-order valence-corrected chi connectivity index (χ2v) is 5.56. The lowest BCUT2D eigenvalue weighted by molar-refractivity contribution is 0.0997. The van der Waals surface area contributed by atoms with E-state index in [0.29, 0.717) is 21.7 Å². The van der Waals surface area contributed by atoms with Gasteiger partial charge in [-0.05, 0) is 42.3 Å². The van der Waals surface area contributed by atoms with E-state index in [4.69, 9.17) is 16.0 Å². The molecule has 3 rings (SSSR count). The third-order valence-electron chi connectivity index (χ3n) is 3.53. The van der Waals surface area contributed by atoms with Gasteiger partial charge in [-0.25, -0.2) is 0 Å². The number of hydrogen-bond acceptors (Lipinski definition) is 3. The molecule has 0 saturated heterocycles. The zero-order chi connectivity index (χ0) is 16.4. The second-order valence-electron chi connectivity index (χ2n) is 5.12. The van der Waals surface area contributed by atoms with Gasteiger partial charge in [0.05, 0.1) is 5.39 Å². The molecular formula is C18H14ClNO3. The molecule has 0 spiro atoms. The lowest BCUT2D eigenvalue weighted by Crippen LogP contribution is -2.15. The van der Waals surface area contributed by atoms with Crippen molar-refractivity contribution in [1.29, 1.82) is 0 Å². The Morgan fingerprint density at radius 1 is 1.13 bits per heavy atom. The normalized spacial score (nSPS) is 10.7. The molecule has 0 saturated carbocycles. The Morgan fingerprint density at radius 2 is 1.87 bits per heavy atom. The Labute approximate surface area is 137 Å². The highest BCUT2D eigenvalue weighted by atomic mass is 35.5. The lowest BCUT2D eigenvalue weighted by atomic mass is 10.1. The minimum Gasteiger partial charge on any atom is -0.451 e. The molecule has 4 nitrogen and oxygen atoms in total. The molecule has 0 aliphatic heterocycles. The lowest BCUT2D eigenvalue weighted by Gasteiger charge is -2.06. The van der Waals surface area contributed by atoms with Gasteiger partial charge in [-0.15, -0.1) is 0 Å². The van der Waals surface area contributed by atoms with Gasteiger partial charge >= 0.3 is 0 Å². The summed E-state index contributed by atoms with van der Waals surface area (Å²) in [4.78, 5) is 24.4. The predicted octanol–water partition coefficient (Wildman–Crippen LogP) is 4.26. The molecule has 1 amide bonds. The third-order valence-corrected chi connectivity index (χ3v) is 3.77. The molecule has 1 aromatic heterocycles. The summed E-state index contributed by atoms with van der Waals surface area (Å²) in [6.07, 6.45) is 0.927. The van der Waals surface area contributed by atoms with E-state index in [2.05, 4.69) is 12.2 Å². The van der Waals surface area contributed by atoms with Crippen molar-refractivity contribution >= 4 is 34.2 Å². The molecular weight excluding hydrogens is 314 g/mol. The number of rotatable bonds is 3. The summed E-state index contributed by atoms with van der Waals surface area (Å²) in [7, 11) is 0. The number of aryl methyl sites for hydroxylation is 1. The largest absolute Gasteiger partial charge is 0.451 e. The highest BCUT2D eigenvalue weighted by Crippen LogP contribution is 2.18. The molecule has 0 fully saturated rings. The Balaban J connectivity index is 1.91. The zero-order valence-electron chi connectivity index (χ0n) is 12.4. The number of amides is 1. The maximum absolute atomic E-state index is 12.3. The first kappa shape index (κ1) is 15.3. The van der Waals surface area contributed by atoms with Gasteiger partial charge in [0.2, 0.25) is 0 Å². The zero-order valence-corrected chi connectivity index (χ0v) is 13.2. The number of carbonyl (C=O) groups is 1. The third kappa shape index (κ3) is 3.27. The van der Waals surface area contributed by atoms with Crippen molar-refractivity contribution in [3.8, 4) is 0 Å². The Kier molecular flexibility index (Phi) is 4.17. The van der Waals surface area contributed by atoms with Crippen LogP contribution in [0.2, 0.25) is 5.02 Å². The minimum absolute atomic E-state index is 0.0376. The van der Waals surface area contributed by atoms with Gasteiger partial charge in [0.15, 0.2) is 11.2 Å². The first-order valence-electron chi connectivity index (χ1n) is 7.20. The van der Waals surface area contributed by atoms with Crippen molar-refractivity contribution < 1.29 is 9.21 Å². The van der Waals surface area contributed by atoms with Gasteiger partial charge in [-0.2, -0.15) is 0 Å². The Hall–Kier alpha value is -2.59. The summed E-state index contributed by atoms with van der Waals surface area (Å²) in [5.74, 6) is -0.507. The minimum atomic E-state index is -0.469. The summed E-state index contributed by atoms with van der Waals surface area (Å²) in [6, 6.07) is 13.4. The first-order valence-corrected chi connectivity index (χ1v) is 7.58. The first-order chi connectivity index (χ1) is 11.1. The van der Waals surface area contributed by atoms with E-state index in [0.717, 1.165) is 6.42 Å². The van der Waals surface area contributed by atoms with Gasteiger partial charge in [-0.3, -0.25) is 9.59 Å². The standard InChI is InChI=1S/C18H14ClNO3/c1-2-11-3-6-13(7-4-11)20-18(22)17-10-15(21)14-9-12(19)5-8-16(14)23-17/h3-10H,2H2,1H3,(H,20,22). The van der Waals surface area contributed by atoms with E-state index >= 15 is 0 Å². The number of fused-ring (bicyclic) bond motifs is 1. The van der Waals surface area contributed by atoms with Crippen molar-refractivity contribution in [1.82, 2.24) is 0 Å². The van der Waals surface area contributed by atoms with Gasteiger partial charge < -0.3 is 9.73 Å². The Morgan fingerprint density at radius 3 is 2.57 bits per heavy atom. The van der Waals surface area contributed by atoms with Gasteiger partial charge in [-0.1, -0.05) is 30.7 Å². The number of carbonyl (C=O) groups excluding carboxylic acids is 1. The number of halogens is 1. The van der Waals surface area contributed by atoms with Crippen LogP contribution in [0.4, 0.5) is 5.69 Å². The second kappa shape index (κ2) is 6.26. The topological polar surface area (TPSA) is 59.3 Å². The van der Waals surface area contributed by atoms with Crippen LogP contribution in [0.25, 0.3) is 11.0 Å². The summed E-state index contributed by atoms with van der Waals surface area (Å²) in [5.41, 5.74) is 1.84. The highest BCUT2D eigenvalue weighted by Gasteiger charge is 2.13. The summed E-state index contributed by atoms with van der Waals surface area (Å²) in [5, 5.41) is 3.51. The van der Waals surface area contributed by atoms with Crippen LogP contribution >= 0.6 is 11.6 Å². The number of anilines is 1. The van der Waals surface area contributed by atoms with Gasteiger partial charge in [0.25, 0.3) is 5.91 Å². The number of nitrogens with one attached hydrogen (secondary N) is 1. The molecule has 0 atom stereocenters. The molecule has 1 heterocycles. The van der Waals surface area contributed by atoms with E-state index in [1.807, 2.05) is 24.3 Å². The van der Waals surface area contributed by atoms with Crippen molar-refractivity contribution in [2.75, 3.05) is 5.32 Å². The van der Waals surface area contributed by atoms with E-state index in [-0.39, 0.29) is 11.2 Å². The smallest absolute Gasteiger partial charge is 0.291 e. The van der Waals surface area contributed by atoms with Crippen LogP contribution in [-0.4, -0.2) is 5.91 Å². The van der Waals surface area contributed by atoms with Gasteiger partial charge in [0.1, 0.15) is 5.58 Å². The molecule has 2 aromatic carbocycles. The highest BCUT2D eigenvalue weighted by molar-refractivity contribution is 6.31. The fourth-order valence-corrected chi connectivity index (χ4v) is 2.43. The van der Waals surface area contributed by atoms with Crippen LogP contribution in [0.5, 0.6) is 0 Å². The maximum Gasteiger partial charge on any atom is 0.291 e. The number of hydrogen-bond donors (Lipinski definition) is 1. The van der Waals surface area contributed by atoms with E-state index in [1.54, 1.807) is 12.1 Å². The summed E-state index contributed by atoms with van der Waals surface area (Å²) in [6.45, 7) is 2.06. The Bertz CT molecular complexity index is 929. The summed E-state index contributed by atoms with van der Waals surface area (Å²) >= 11 is 5.87. The summed E-state index contributed by atoms with van der Waals surface area (Å²) < 4.78 is 5.51. The van der Waals surface area contributed by atoms with Crippen LogP contribution < -0.4 is 10.7 Å².